The molecule has 0 unspecified atom stereocenters. The molecule has 3 N–H and O–H groups in total. The molecule has 1 rings (SSSR count). The number of hydrazone groups is 1. The van der Waals surface area contributed by atoms with Crippen LogP contribution in [-0.2, 0) is 11.2 Å². The van der Waals surface area contributed by atoms with E-state index < -0.39 is 6.04 Å². The van der Waals surface area contributed by atoms with Crippen molar-refractivity contribution in [1.29, 1.82) is 0 Å². The van der Waals surface area contributed by atoms with Crippen LogP contribution in [0.15, 0.2) is 76.6 Å². The summed E-state index contributed by atoms with van der Waals surface area (Å²) in [4.78, 5) is 17.0. The second-order valence-electron chi connectivity index (χ2n) is 5.65. The first kappa shape index (κ1) is 22.1. The minimum atomic E-state index is -0.613. The first-order valence-electron chi connectivity index (χ1n) is 8.90. The molecular weight excluding hydrogens is 338 g/mol. The average molecular weight is 367 g/mol. The van der Waals surface area contributed by atoms with Crippen LogP contribution in [0.4, 0.5) is 0 Å². The summed E-state index contributed by atoms with van der Waals surface area (Å²) in [7, 11) is 1.69. The van der Waals surface area contributed by atoms with E-state index in [2.05, 4.69) is 44.9 Å². The summed E-state index contributed by atoms with van der Waals surface area (Å²) in [6.45, 7) is 8.31. The van der Waals surface area contributed by atoms with E-state index in [9.17, 15) is 4.79 Å². The summed E-state index contributed by atoms with van der Waals surface area (Å²) < 4.78 is 0. The standard InChI is InChI=1S/C21H29N5O/c1-5-7-14-23-19(6-2)26-21(27)20(17(3)16-25-22-4)24-15-13-18-11-9-8-10-12-18/h5-12,14,16,20,22,24H,3,13,15H2,1-2,4H3,(H,26,27)/b7-5-,19-6+,23-14-,25-16-/t20-/m1/s1. The molecule has 0 saturated heterocycles. The average Bonchev–Trinajstić information content (AvgIpc) is 2.69. The van der Waals surface area contributed by atoms with Gasteiger partial charge in [0.1, 0.15) is 11.9 Å². The molecular formula is C21H29N5O. The molecule has 0 bridgehead atoms. The van der Waals surface area contributed by atoms with Crippen molar-refractivity contribution in [2.24, 2.45) is 10.1 Å². The van der Waals surface area contributed by atoms with Gasteiger partial charge in [0.15, 0.2) is 0 Å². The van der Waals surface area contributed by atoms with Crippen molar-refractivity contribution >= 4 is 18.3 Å². The second-order valence-corrected chi connectivity index (χ2v) is 5.65. The van der Waals surface area contributed by atoms with Crippen LogP contribution in [0.25, 0.3) is 0 Å². The summed E-state index contributed by atoms with van der Waals surface area (Å²) in [5.74, 6) is 0.243. The quantitative estimate of drug-likeness (QED) is 0.415. The number of benzene rings is 1. The minimum absolute atomic E-state index is 0.235. The molecule has 1 amide bonds. The van der Waals surface area contributed by atoms with E-state index in [0.29, 0.717) is 17.9 Å². The molecule has 1 aromatic rings. The number of hydrogen-bond donors (Lipinski definition) is 3. The van der Waals surface area contributed by atoms with Crippen LogP contribution in [0.2, 0.25) is 0 Å². The van der Waals surface area contributed by atoms with E-state index in [1.165, 1.54) is 11.8 Å². The minimum Gasteiger partial charge on any atom is -0.313 e. The number of nitrogens with zero attached hydrogens (tertiary/aromatic N) is 2. The van der Waals surface area contributed by atoms with Gasteiger partial charge in [-0.15, -0.1) is 0 Å². The van der Waals surface area contributed by atoms with Crippen LogP contribution >= 0.6 is 0 Å². The highest BCUT2D eigenvalue weighted by atomic mass is 16.2. The van der Waals surface area contributed by atoms with Gasteiger partial charge in [0, 0.05) is 19.8 Å². The lowest BCUT2D eigenvalue weighted by molar-refractivity contribution is -0.121. The first-order valence-corrected chi connectivity index (χ1v) is 8.90. The van der Waals surface area contributed by atoms with Gasteiger partial charge in [-0.2, -0.15) is 5.10 Å². The Morgan fingerprint density at radius 2 is 2.00 bits per heavy atom. The Bertz CT molecular complexity index is 705. The lowest BCUT2D eigenvalue weighted by Gasteiger charge is -2.19. The van der Waals surface area contributed by atoms with Crippen LogP contribution in [-0.4, -0.2) is 38.0 Å². The summed E-state index contributed by atoms with van der Waals surface area (Å²) >= 11 is 0. The van der Waals surface area contributed by atoms with Gasteiger partial charge in [-0.25, -0.2) is 4.99 Å². The Morgan fingerprint density at radius 1 is 1.26 bits per heavy atom. The highest BCUT2D eigenvalue weighted by Crippen LogP contribution is 2.03. The maximum absolute atomic E-state index is 12.7. The van der Waals surface area contributed by atoms with Gasteiger partial charge in [0.25, 0.3) is 0 Å². The molecule has 6 nitrogen and oxygen atoms in total. The van der Waals surface area contributed by atoms with E-state index in [0.717, 1.165) is 6.42 Å². The van der Waals surface area contributed by atoms with Gasteiger partial charge >= 0.3 is 0 Å². The van der Waals surface area contributed by atoms with Crippen LogP contribution in [0.3, 0.4) is 0 Å². The van der Waals surface area contributed by atoms with Crippen LogP contribution in [0, 0.1) is 0 Å². The number of hydrogen-bond acceptors (Lipinski definition) is 5. The summed E-state index contributed by atoms with van der Waals surface area (Å²) in [6, 6.07) is 9.48. The third kappa shape index (κ3) is 8.78. The summed E-state index contributed by atoms with van der Waals surface area (Å²) in [5, 5.41) is 10.0. The molecule has 0 spiro atoms. The molecule has 6 heteroatoms. The van der Waals surface area contributed by atoms with E-state index in [4.69, 9.17) is 0 Å². The normalized spacial score (nSPS) is 13.4. The van der Waals surface area contributed by atoms with Crippen molar-refractivity contribution in [2.75, 3.05) is 13.6 Å². The Morgan fingerprint density at radius 3 is 2.63 bits per heavy atom. The van der Waals surface area contributed by atoms with E-state index in [1.807, 2.05) is 38.1 Å². The second kappa shape index (κ2) is 13.2. The summed E-state index contributed by atoms with van der Waals surface area (Å²) in [6.07, 6.45) is 9.37. The molecule has 0 fully saturated rings. The van der Waals surface area contributed by atoms with Crippen molar-refractivity contribution in [3.63, 3.8) is 0 Å². The van der Waals surface area contributed by atoms with Crippen molar-refractivity contribution in [3.8, 4) is 0 Å². The van der Waals surface area contributed by atoms with Gasteiger partial charge < -0.3 is 16.1 Å². The smallest absolute Gasteiger partial charge is 0.247 e. The number of rotatable bonds is 11. The Hall–Kier alpha value is -2.99. The van der Waals surface area contributed by atoms with Crippen LogP contribution in [0.1, 0.15) is 19.4 Å². The molecule has 0 aliphatic carbocycles. The molecule has 0 saturated carbocycles. The van der Waals surface area contributed by atoms with Gasteiger partial charge in [-0.05, 0) is 43.6 Å². The fourth-order valence-electron chi connectivity index (χ4n) is 2.21. The van der Waals surface area contributed by atoms with Crippen molar-refractivity contribution < 1.29 is 4.79 Å². The van der Waals surface area contributed by atoms with Crippen LogP contribution in [0.5, 0.6) is 0 Å². The Balaban J connectivity index is 2.78. The predicted octanol–water partition coefficient (Wildman–Crippen LogP) is 2.57. The predicted molar refractivity (Wildman–Crippen MR) is 114 cm³/mol. The number of nitrogens with one attached hydrogen (secondary N) is 3. The van der Waals surface area contributed by atoms with E-state index in [-0.39, 0.29) is 5.91 Å². The fourth-order valence-corrected chi connectivity index (χ4v) is 2.21. The number of amides is 1. The number of carbonyl (C=O) groups excluding carboxylic acids is 1. The third-order valence-corrected chi connectivity index (χ3v) is 3.61. The lowest BCUT2D eigenvalue weighted by Crippen LogP contribution is -2.46. The van der Waals surface area contributed by atoms with E-state index >= 15 is 0 Å². The van der Waals surface area contributed by atoms with Gasteiger partial charge in [0.2, 0.25) is 5.91 Å². The Labute approximate surface area is 161 Å². The van der Waals surface area contributed by atoms with Crippen LogP contribution < -0.4 is 16.1 Å². The highest BCUT2D eigenvalue weighted by Gasteiger charge is 2.20. The van der Waals surface area contributed by atoms with Crippen molar-refractivity contribution in [1.82, 2.24) is 16.1 Å². The third-order valence-electron chi connectivity index (χ3n) is 3.61. The van der Waals surface area contributed by atoms with E-state index in [1.54, 1.807) is 25.4 Å². The van der Waals surface area contributed by atoms with Crippen molar-refractivity contribution in [3.05, 3.63) is 72.1 Å². The Kier molecular flexibility index (Phi) is 10.8. The molecule has 144 valence electrons. The SMILES string of the molecule is C=C(/C=N\NC)[C@@H](NCCc1ccccc1)C(=O)NC(=C/C)/N=C\C=C/C. The lowest BCUT2D eigenvalue weighted by atomic mass is 10.1. The number of aliphatic imine (C=N–C) groups is 1. The molecule has 1 atom stereocenters. The molecule has 0 heterocycles. The zero-order valence-corrected chi connectivity index (χ0v) is 16.3. The van der Waals surface area contributed by atoms with Crippen molar-refractivity contribution in [2.45, 2.75) is 26.3 Å². The largest absolute Gasteiger partial charge is 0.313 e. The molecule has 27 heavy (non-hydrogen) atoms. The first-order chi connectivity index (χ1) is 13.1. The molecule has 0 aliphatic rings. The molecule has 0 aliphatic heterocycles. The highest BCUT2D eigenvalue weighted by molar-refractivity contribution is 5.95. The monoisotopic (exact) mass is 367 g/mol. The number of allylic oxidation sites excluding steroid dienone is 3. The van der Waals surface area contributed by atoms with Gasteiger partial charge in [-0.3, -0.25) is 4.79 Å². The zero-order chi connectivity index (χ0) is 19.9. The fraction of sp³-hybridized carbons (Fsp3) is 0.286. The number of carbonyl (C=O) groups is 1. The maximum atomic E-state index is 12.7. The topological polar surface area (TPSA) is 77.9 Å². The summed E-state index contributed by atoms with van der Waals surface area (Å²) in [5.41, 5.74) is 4.42. The zero-order valence-electron chi connectivity index (χ0n) is 16.3. The molecule has 1 aromatic carbocycles. The van der Waals surface area contributed by atoms with Gasteiger partial charge in [-0.1, -0.05) is 43.0 Å². The molecule has 0 radical (unpaired) electrons. The maximum Gasteiger partial charge on any atom is 0.247 e. The van der Waals surface area contributed by atoms with Gasteiger partial charge in [0.05, 0.1) is 6.21 Å². The molecule has 0 aromatic heterocycles.